The van der Waals surface area contributed by atoms with E-state index >= 15 is 0 Å². The minimum Gasteiger partial charge on any atom is -0.383 e. The van der Waals surface area contributed by atoms with Crippen LogP contribution in [0.5, 0.6) is 0 Å². The molecule has 2 aromatic rings. The van der Waals surface area contributed by atoms with Crippen LogP contribution in [0, 0.1) is 11.6 Å². The number of amides is 1. The first-order valence-electron chi connectivity index (χ1n) is 6.06. The van der Waals surface area contributed by atoms with E-state index in [4.69, 9.17) is 5.73 Å². The third kappa shape index (κ3) is 2.66. The Bertz CT molecular complexity index is 738. The number of carbonyl (C=O) groups excluding carboxylic acids is 1. The summed E-state index contributed by atoms with van der Waals surface area (Å²) in [5, 5.41) is 2.88. The fourth-order valence-electron chi connectivity index (χ4n) is 1.96. The van der Waals surface area contributed by atoms with Crippen LogP contribution in [-0.2, 0) is 17.0 Å². The van der Waals surface area contributed by atoms with Crippen molar-refractivity contribution < 1.29 is 13.6 Å². The molecule has 3 rings (SSSR count). The lowest BCUT2D eigenvalue weighted by atomic mass is 10.2. The summed E-state index contributed by atoms with van der Waals surface area (Å²) in [4.78, 5) is 19.5. The van der Waals surface area contributed by atoms with Crippen LogP contribution >= 0.6 is 11.8 Å². The summed E-state index contributed by atoms with van der Waals surface area (Å²) >= 11 is 1.12. The highest BCUT2D eigenvalue weighted by Crippen LogP contribution is 2.29. The maximum atomic E-state index is 13.5. The third-order valence-electron chi connectivity index (χ3n) is 3.00. The monoisotopic (exact) mass is 308 g/mol. The Morgan fingerprint density at radius 2 is 2.14 bits per heavy atom. The van der Waals surface area contributed by atoms with E-state index in [0.717, 1.165) is 17.8 Å². The maximum Gasteiger partial charge on any atom is 0.230 e. The van der Waals surface area contributed by atoms with Crippen molar-refractivity contribution in [3.63, 3.8) is 0 Å². The van der Waals surface area contributed by atoms with Crippen LogP contribution in [0.4, 0.5) is 20.4 Å². The molecule has 0 saturated carbocycles. The number of hydrogen-bond donors (Lipinski definition) is 2. The van der Waals surface area contributed by atoms with Crippen LogP contribution in [0.2, 0.25) is 0 Å². The van der Waals surface area contributed by atoms with Crippen molar-refractivity contribution in [2.45, 2.75) is 17.3 Å². The molecule has 0 bridgehead atoms. The molecule has 3 N–H and O–H groups in total. The van der Waals surface area contributed by atoms with Gasteiger partial charge < -0.3 is 11.1 Å². The molecule has 1 aromatic heterocycles. The average Bonchev–Trinajstić information content (AvgIpc) is 2.81. The van der Waals surface area contributed by atoms with Gasteiger partial charge in [-0.1, -0.05) is 23.9 Å². The van der Waals surface area contributed by atoms with Gasteiger partial charge in [0.1, 0.15) is 11.6 Å². The van der Waals surface area contributed by atoms with E-state index in [9.17, 15) is 13.6 Å². The topological polar surface area (TPSA) is 80.9 Å². The summed E-state index contributed by atoms with van der Waals surface area (Å²) in [6.45, 7) is 0. The Morgan fingerprint density at radius 1 is 1.33 bits per heavy atom. The zero-order valence-electron chi connectivity index (χ0n) is 10.7. The highest BCUT2D eigenvalue weighted by molar-refractivity contribution is 7.98. The van der Waals surface area contributed by atoms with E-state index in [1.165, 1.54) is 12.1 Å². The summed E-state index contributed by atoms with van der Waals surface area (Å²) in [5.41, 5.74) is 6.55. The number of thioether (sulfide) groups is 1. The molecule has 1 aromatic carbocycles. The van der Waals surface area contributed by atoms with Gasteiger partial charge in [0.2, 0.25) is 5.91 Å². The van der Waals surface area contributed by atoms with Crippen molar-refractivity contribution in [3.05, 3.63) is 41.0 Å². The van der Waals surface area contributed by atoms with Gasteiger partial charge in [-0.2, -0.15) is 0 Å². The summed E-state index contributed by atoms with van der Waals surface area (Å²) in [6.07, 6.45) is 0.157. The van der Waals surface area contributed by atoms with Crippen molar-refractivity contribution in [1.29, 1.82) is 0 Å². The number of nitrogens with zero attached hydrogens (tertiary/aromatic N) is 2. The molecule has 0 fully saturated rings. The highest BCUT2D eigenvalue weighted by Gasteiger charge is 2.23. The quantitative estimate of drug-likeness (QED) is 0.670. The molecule has 1 aliphatic rings. The number of fused-ring (bicyclic) bond motifs is 1. The molecule has 8 heteroatoms. The second kappa shape index (κ2) is 5.28. The van der Waals surface area contributed by atoms with Crippen LogP contribution < -0.4 is 11.1 Å². The van der Waals surface area contributed by atoms with Gasteiger partial charge in [0.25, 0.3) is 0 Å². The number of halogens is 2. The Labute approximate surface area is 123 Å². The van der Waals surface area contributed by atoms with Crippen molar-refractivity contribution in [2.24, 2.45) is 0 Å². The van der Waals surface area contributed by atoms with Crippen LogP contribution in [-0.4, -0.2) is 15.9 Å². The molecule has 0 radical (unpaired) electrons. The number of nitrogens with one attached hydrogen (secondary N) is 1. The van der Waals surface area contributed by atoms with Crippen molar-refractivity contribution in [1.82, 2.24) is 9.97 Å². The second-order valence-corrected chi connectivity index (χ2v) is 5.39. The Balaban J connectivity index is 1.80. The molecule has 1 aliphatic heterocycles. The lowest BCUT2D eigenvalue weighted by Gasteiger charge is -2.06. The van der Waals surface area contributed by atoms with Gasteiger partial charge >= 0.3 is 0 Å². The molecular formula is C13H10F2N4OS. The molecule has 21 heavy (non-hydrogen) atoms. The fourth-order valence-corrected chi connectivity index (χ4v) is 2.79. The maximum absolute atomic E-state index is 13.5. The standard InChI is InChI=1S/C13H10F2N4OS/c14-8-3-1-2-6(10(8)15)5-21-13-18-11(16)7-4-9(20)17-12(7)19-13/h1-3H,4-5H2,(H3,16,17,18,19,20). The zero-order valence-corrected chi connectivity index (χ0v) is 11.5. The Morgan fingerprint density at radius 3 is 2.95 bits per heavy atom. The Kier molecular flexibility index (Phi) is 3.46. The minimum atomic E-state index is -0.894. The zero-order chi connectivity index (χ0) is 15.0. The summed E-state index contributed by atoms with van der Waals surface area (Å²) in [7, 11) is 0. The van der Waals surface area contributed by atoms with Crippen LogP contribution in [0.3, 0.4) is 0 Å². The first kappa shape index (κ1) is 13.7. The predicted octanol–water partition coefficient (Wildman–Crippen LogP) is 2.12. The summed E-state index contributed by atoms with van der Waals surface area (Å²) < 4.78 is 26.7. The van der Waals surface area contributed by atoms with E-state index < -0.39 is 11.6 Å². The van der Waals surface area contributed by atoms with Crippen molar-refractivity contribution in [3.8, 4) is 0 Å². The molecule has 0 unspecified atom stereocenters. The number of nitrogens with two attached hydrogens (primary N) is 1. The molecule has 0 saturated heterocycles. The normalized spacial score (nSPS) is 13.1. The SMILES string of the molecule is Nc1nc(SCc2cccc(F)c2F)nc2c1CC(=O)N2. The number of benzene rings is 1. The van der Waals surface area contributed by atoms with Crippen LogP contribution in [0.25, 0.3) is 0 Å². The molecule has 0 aliphatic carbocycles. The molecular weight excluding hydrogens is 298 g/mol. The van der Waals surface area contributed by atoms with Crippen molar-refractivity contribution >= 4 is 29.3 Å². The summed E-state index contributed by atoms with van der Waals surface area (Å²) in [5.74, 6) is -1.20. The fraction of sp³-hybridized carbons (Fsp3) is 0.154. The minimum absolute atomic E-state index is 0.157. The Hall–Kier alpha value is -2.22. The molecule has 1 amide bonds. The van der Waals surface area contributed by atoms with Gasteiger partial charge in [0.05, 0.1) is 6.42 Å². The number of rotatable bonds is 3. The predicted molar refractivity (Wildman–Crippen MR) is 74.7 cm³/mol. The molecule has 2 heterocycles. The first-order chi connectivity index (χ1) is 10.0. The second-order valence-electron chi connectivity index (χ2n) is 4.45. The van der Waals surface area contributed by atoms with Gasteiger partial charge in [0.15, 0.2) is 16.8 Å². The summed E-state index contributed by atoms with van der Waals surface area (Å²) in [6, 6.07) is 3.99. The molecule has 5 nitrogen and oxygen atoms in total. The molecule has 108 valence electrons. The van der Waals surface area contributed by atoms with Crippen molar-refractivity contribution in [2.75, 3.05) is 11.1 Å². The van der Waals surface area contributed by atoms with E-state index in [1.54, 1.807) is 0 Å². The number of anilines is 2. The lowest BCUT2D eigenvalue weighted by molar-refractivity contribution is -0.115. The van der Waals surface area contributed by atoms with Gasteiger partial charge in [-0.3, -0.25) is 4.79 Å². The largest absolute Gasteiger partial charge is 0.383 e. The van der Waals surface area contributed by atoms with Gasteiger partial charge in [-0.25, -0.2) is 18.7 Å². The average molecular weight is 308 g/mol. The first-order valence-corrected chi connectivity index (χ1v) is 7.05. The van der Waals surface area contributed by atoms with Gasteiger partial charge in [-0.05, 0) is 6.07 Å². The third-order valence-corrected chi connectivity index (χ3v) is 3.90. The number of nitrogen functional groups attached to an aromatic ring is 1. The van der Waals surface area contributed by atoms with Crippen LogP contribution in [0.1, 0.15) is 11.1 Å². The number of carbonyl (C=O) groups is 1. The van der Waals surface area contributed by atoms with E-state index in [0.29, 0.717) is 16.5 Å². The van der Waals surface area contributed by atoms with E-state index in [2.05, 4.69) is 15.3 Å². The van der Waals surface area contributed by atoms with E-state index in [1.807, 2.05) is 0 Å². The number of aromatic nitrogens is 2. The van der Waals surface area contributed by atoms with Crippen LogP contribution in [0.15, 0.2) is 23.4 Å². The van der Waals surface area contributed by atoms with E-state index in [-0.39, 0.29) is 29.5 Å². The molecule has 0 spiro atoms. The highest BCUT2D eigenvalue weighted by atomic mass is 32.2. The smallest absolute Gasteiger partial charge is 0.230 e. The number of hydrogen-bond acceptors (Lipinski definition) is 5. The molecule has 0 atom stereocenters. The van der Waals surface area contributed by atoms with Gasteiger partial charge in [-0.15, -0.1) is 0 Å². The van der Waals surface area contributed by atoms with Gasteiger partial charge in [0, 0.05) is 16.9 Å². The lowest BCUT2D eigenvalue weighted by Crippen LogP contribution is -2.04.